The average Bonchev–Trinajstić information content (AvgIpc) is 3.38. The lowest BCUT2D eigenvalue weighted by molar-refractivity contribution is -0.119. The first-order valence-electron chi connectivity index (χ1n) is 12.2. The second-order valence-electron chi connectivity index (χ2n) is 9.29. The van der Waals surface area contributed by atoms with Crippen LogP contribution in [0, 0.1) is 11.3 Å². The van der Waals surface area contributed by atoms with Gasteiger partial charge in [0.15, 0.2) is 5.82 Å². The van der Waals surface area contributed by atoms with Gasteiger partial charge >= 0.3 is 0 Å². The first-order chi connectivity index (χ1) is 17.6. The van der Waals surface area contributed by atoms with E-state index in [4.69, 9.17) is 4.98 Å². The molecule has 1 aliphatic carbocycles. The van der Waals surface area contributed by atoms with E-state index in [1.54, 1.807) is 29.6 Å². The van der Waals surface area contributed by atoms with Gasteiger partial charge in [-0.05, 0) is 44.0 Å². The molecule has 0 saturated heterocycles. The Hall–Kier alpha value is -4.52. The van der Waals surface area contributed by atoms with E-state index in [-0.39, 0.29) is 11.9 Å². The van der Waals surface area contributed by atoms with Crippen molar-refractivity contribution in [2.45, 2.75) is 51.1 Å². The molecule has 0 unspecified atom stereocenters. The molecule has 3 aromatic heterocycles. The second-order valence-corrected chi connectivity index (χ2v) is 9.29. The number of carbonyl (C=O) groups excluding carboxylic acids is 1. The molecule has 1 amide bonds. The molecule has 4 heterocycles. The van der Waals surface area contributed by atoms with E-state index in [9.17, 15) is 10.1 Å². The van der Waals surface area contributed by atoms with Gasteiger partial charge in [0.2, 0.25) is 5.95 Å². The highest BCUT2D eigenvalue weighted by Crippen LogP contribution is 2.42. The number of H-pyrrole nitrogens is 1. The molecule has 1 atom stereocenters. The van der Waals surface area contributed by atoms with Gasteiger partial charge in [-0.3, -0.25) is 19.8 Å². The monoisotopic (exact) mass is 479 g/mol. The van der Waals surface area contributed by atoms with E-state index < -0.39 is 6.04 Å². The number of rotatable bonds is 4. The zero-order valence-corrected chi connectivity index (χ0v) is 19.8. The standard InChI is InChI=1S/C26H25N9O/c1-16-25(36)35(21-9-17(11-27)12-28-14-21)23-15-29-26(31-19-7-8-22-18(10-19)13-30-33-22)32-24(23)34(16)20-5-3-2-4-6-20/h7-10,12-16,20H,2-6H2,1H3,(H,30,33)(H,29,31,32)/t16-/m1/s1. The van der Waals surface area contributed by atoms with Crippen molar-refractivity contribution >= 4 is 45.6 Å². The van der Waals surface area contributed by atoms with E-state index in [1.807, 2.05) is 25.1 Å². The van der Waals surface area contributed by atoms with Crippen molar-refractivity contribution in [3.05, 3.63) is 54.6 Å². The minimum Gasteiger partial charge on any atom is -0.340 e. The maximum absolute atomic E-state index is 13.7. The van der Waals surface area contributed by atoms with Crippen molar-refractivity contribution in [1.29, 1.82) is 5.26 Å². The van der Waals surface area contributed by atoms with Crippen molar-refractivity contribution in [1.82, 2.24) is 25.1 Å². The molecular weight excluding hydrogens is 454 g/mol. The van der Waals surface area contributed by atoms with Crippen molar-refractivity contribution < 1.29 is 4.79 Å². The van der Waals surface area contributed by atoms with Gasteiger partial charge in [-0.2, -0.15) is 15.3 Å². The first kappa shape index (κ1) is 22.0. The van der Waals surface area contributed by atoms with Gasteiger partial charge in [0.25, 0.3) is 5.91 Å². The number of nitriles is 1. The van der Waals surface area contributed by atoms with Crippen LogP contribution in [0.2, 0.25) is 0 Å². The molecule has 0 spiro atoms. The summed E-state index contributed by atoms with van der Waals surface area (Å²) in [6, 6.07) is 9.47. The van der Waals surface area contributed by atoms with E-state index in [2.05, 4.69) is 36.5 Å². The lowest BCUT2D eigenvalue weighted by Crippen LogP contribution is -2.55. The average molecular weight is 480 g/mol. The van der Waals surface area contributed by atoms with Gasteiger partial charge < -0.3 is 10.2 Å². The van der Waals surface area contributed by atoms with E-state index in [1.165, 1.54) is 12.6 Å². The number of aromatic amines is 1. The number of anilines is 5. The molecule has 6 rings (SSSR count). The fourth-order valence-electron chi connectivity index (χ4n) is 5.26. The number of hydrogen-bond acceptors (Lipinski definition) is 8. The van der Waals surface area contributed by atoms with Crippen LogP contribution in [0.25, 0.3) is 10.9 Å². The molecule has 1 aliphatic heterocycles. The van der Waals surface area contributed by atoms with Crippen LogP contribution in [0.15, 0.2) is 49.1 Å². The molecule has 180 valence electrons. The van der Waals surface area contributed by atoms with Gasteiger partial charge in [0.1, 0.15) is 17.8 Å². The summed E-state index contributed by atoms with van der Waals surface area (Å²) in [5, 5.41) is 20.7. The van der Waals surface area contributed by atoms with E-state index >= 15 is 0 Å². The Morgan fingerprint density at radius 3 is 2.81 bits per heavy atom. The maximum Gasteiger partial charge on any atom is 0.254 e. The van der Waals surface area contributed by atoms with Crippen molar-refractivity contribution in [2.75, 3.05) is 15.1 Å². The van der Waals surface area contributed by atoms with Gasteiger partial charge in [-0.25, -0.2) is 4.98 Å². The Kier molecular flexibility index (Phi) is 5.45. The van der Waals surface area contributed by atoms with Gasteiger partial charge in [0.05, 0.1) is 35.4 Å². The molecule has 10 heteroatoms. The first-order valence-corrected chi connectivity index (χ1v) is 12.2. The normalized spacial score (nSPS) is 18.2. The van der Waals surface area contributed by atoms with Crippen LogP contribution >= 0.6 is 0 Å². The fraction of sp³-hybridized carbons (Fsp3) is 0.308. The van der Waals surface area contributed by atoms with Crippen LogP contribution in [0.4, 0.5) is 28.8 Å². The molecule has 2 N–H and O–H groups in total. The summed E-state index contributed by atoms with van der Waals surface area (Å²) in [6.07, 6.45) is 12.1. The summed E-state index contributed by atoms with van der Waals surface area (Å²) in [5.41, 5.74) is 3.31. The number of fused-ring (bicyclic) bond motifs is 2. The zero-order valence-electron chi connectivity index (χ0n) is 19.8. The Labute approximate surface area is 208 Å². The highest BCUT2D eigenvalue weighted by atomic mass is 16.2. The zero-order chi connectivity index (χ0) is 24.6. The van der Waals surface area contributed by atoms with Crippen LogP contribution in [-0.4, -0.2) is 43.1 Å². The molecule has 0 radical (unpaired) electrons. The van der Waals surface area contributed by atoms with Crippen LogP contribution < -0.4 is 15.1 Å². The van der Waals surface area contributed by atoms with Crippen LogP contribution in [0.3, 0.4) is 0 Å². The van der Waals surface area contributed by atoms with Crippen molar-refractivity contribution in [2.24, 2.45) is 0 Å². The van der Waals surface area contributed by atoms with Crippen LogP contribution in [0.5, 0.6) is 0 Å². The van der Waals surface area contributed by atoms with Gasteiger partial charge in [-0.15, -0.1) is 0 Å². The van der Waals surface area contributed by atoms with Gasteiger partial charge in [-0.1, -0.05) is 19.3 Å². The maximum atomic E-state index is 13.7. The molecule has 1 aromatic carbocycles. The summed E-state index contributed by atoms with van der Waals surface area (Å²) < 4.78 is 0. The lowest BCUT2D eigenvalue weighted by atomic mass is 9.92. The smallest absolute Gasteiger partial charge is 0.254 e. The summed E-state index contributed by atoms with van der Waals surface area (Å²) in [7, 11) is 0. The van der Waals surface area contributed by atoms with Gasteiger partial charge in [0, 0.05) is 23.3 Å². The molecule has 0 bridgehead atoms. The van der Waals surface area contributed by atoms with Crippen LogP contribution in [-0.2, 0) is 4.79 Å². The number of pyridine rings is 1. The minimum atomic E-state index is -0.420. The highest BCUT2D eigenvalue weighted by molar-refractivity contribution is 6.09. The minimum absolute atomic E-state index is 0.0836. The fourth-order valence-corrected chi connectivity index (χ4v) is 5.26. The number of aromatic nitrogens is 5. The summed E-state index contributed by atoms with van der Waals surface area (Å²) in [6.45, 7) is 1.93. The predicted octanol–water partition coefficient (Wildman–Crippen LogP) is 4.57. The quantitative estimate of drug-likeness (QED) is 0.436. The SMILES string of the molecule is C[C@@H]1C(=O)N(c2cncc(C#N)c2)c2cnc(Nc3ccc4[nH]ncc4c3)nc2N1C1CCCCC1. The summed E-state index contributed by atoms with van der Waals surface area (Å²) in [5.74, 6) is 1.07. The third kappa shape index (κ3) is 3.79. The molecule has 1 fully saturated rings. The number of nitrogens with one attached hydrogen (secondary N) is 2. The number of benzene rings is 1. The summed E-state index contributed by atoms with van der Waals surface area (Å²) in [4.78, 5) is 31.1. The Morgan fingerprint density at radius 2 is 1.97 bits per heavy atom. The molecular formula is C26H25N9O. The highest BCUT2D eigenvalue weighted by Gasteiger charge is 2.41. The molecule has 36 heavy (non-hydrogen) atoms. The third-order valence-electron chi connectivity index (χ3n) is 7.01. The molecule has 10 nitrogen and oxygen atoms in total. The number of carbonyl (C=O) groups is 1. The van der Waals surface area contributed by atoms with Crippen LogP contribution in [0.1, 0.15) is 44.6 Å². The van der Waals surface area contributed by atoms with E-state index in [0.717, 1.165) is 42.3 Å². The Morgan fingerprint density at radius 1 is 1.11 bits per heavy atom. The Bertz CT molecular complexity index is 1480. The molecule has 2 aliphatic rings. The lowest BCUT2D eigenvalue weighted by Gasteiger charge is -2.45. The molecule has 1 saturated carbocycles. The van der Waals surface area contributed by atoms with E-state index in [0.29, 0.717) is 28.7 Å². The summed E-state index contributed by atoms with van der Waals surface area (Å²) >= 11 is 0. The molecule has 4 aromatic rings. The third-order valence-corrected chi connectivity index (χ3v) is 7.01. The predicted molar refractivity (Wildman–Crippen MR) is 136 cm³/mol. The van der Waals surface area contributed by atoms with Crippen molar-refractivity contribution in [3.8, 4) is 6.07 Å². The van der Waals surface area contributed by atoms with Crippen molar-refractivity contribution in [3.63, 3.8) is 0 Å². The Balaban J connectivity index is 1.44. The number of nitrogens with zero attached hydrogens (tertiary/aromatic N) is 7. The topological polar surface area (TPSA) is 127 Å². The number of amides is 1. The largest absolute Gasteiger partial charge is 0.340 e. The second kappa shape index (κ2) is 8.92. The number of hydrogen-bond donors (Lipinski definition) is 2.